The van der Waals surface area contributed by atoms with Gasteiger partial charge >= 0.3 is 0 Å². The minimum Gasteiger partial charge on any atom is -0.357 e. The maximum atomic E-state index is 4.77. The Morgan fingerprint density at radius 3 is 2.60 bits per heavy atom. The lowest BCUT2D eigenvalue weighted by Gasteiger charge is -2.20. The monoisotopic (exact) mass is 429 g/mol. The summed E-state index contributed by atoms with van der Waals surface area (Å²) < 4.78 is 0. The van der Waals surface area contributed by atoms with Gasteiger partial charge in [0.25, 0.3) is 0 Å². The van der Waals surface area contributed by atoms with E-state index in [0.717, 1.165) is 36.8 Å². The largest absolute Gasteiger partial charge is 0.357 e. The standard InChI is InChI=1S/C14H27N3S2.HI/c1-2-15-14(17-11-13-4-3-7-19-13)16-10-12-5-8-18-9-6-12;/h12-13H,2-11H2,1H3,(H2,15,16,17);1H. The average Bonchev–Trinajstić information content (AvgIpc) is 2.96. The highest BCUT2D eigenvalue weighted by atomic mass is 127. The van der Waals surface area contributed by atoms with E-state index >= 15 is 0 Å². The molecule has 0 aromatic heterocycles. The zero-order chi connectivity index (χ0) is 13.3. The summed E-state index contributed by atoms with van der Waals surface area (Å²) in [6.45, 7) is 5.15. The van der Waals surface area contributed by atoms with Crippen LogP contribution in [0, 0.1) is 5.92 Å². The molecule has 2 N–H and O–H groups in total. The molecule has 20 heavy (non-hydrogen) atoms. The van der Waals surface area contributed by atoms with Crippen molar-refractivity contribution in [2.75, 3.05) is 36.9 Å². The SMILES string of the molecule is CCNC(=NCC1CCSCC1)NCC1CCCS1.I. The molecule has 2 aliphatic heterocycles. The number of hydrogen-bond acceptors (Lipinski definition) is 3. The molecule has 2 aliphatic rings. The van der Waals surface area contributed by atoms with Gasteiger partial charge in [-0.15, -0.1) is 24.0 Å². The van der Waals surface area contributed by atoms with Crippen LogP contribution in [0.2, 0.25) is 0 Å². The minimum absolute atomic E-state index is 0. The first kappa shape index (κ1) is 18.7. The van der Waals surface area contributed by atoms with Crippen molar-refractivity contribution in [3.8, 4) is 0 Å². The highest BCUT2D eigenvalue weighted by molar-refractivity contribution is 14.0. The number of hydrogen-bond donors (Lipinski definition) is 2. The number of halogens is 1. The Balaban J connectivity index is 0.00000200. The van der Waals surface area contributed by atoms with E-state index in [2.05, 4.69) is 41.1 Å². The molecule has 3 nitrogen and oxygen atoms in total. The second kappa shape index (κ2) is 11.3. The van der Waals surface area contributed by atoms with Gasteiger partial charge in [0.1, 0.15) is 0 Å². The second-order valence-electron chi connectivity index (χ2n) is 5.29. The van der Waals surface area contributed by atoms with Crippen LogP contribution < -0.4 is 10.6 Å². The van der Waals surface area contributed by atoms with Crippen molar-refractivity contribution >= 4 is 53.5 Å². The van der Waals surface area contributed by atoms with Crippen LogP contribution in [0.4, 0.5) is 0 Å². The molecule has 2 saturated heterocycles. The van der Waals surface area contributed by atoms with E-state index in [0.29, 0.717) is 0 Å². The molecule has 0 aliphatic carbocycles. The maximum absolute atomic E-state index is 4.77. The number of aliphatic imine (C=N–C) groups is 1. The number of nitrogens with zero attached hydrogens (tertiary/aromatic N) is 1. The molecule has 0 amide bonds. The number of thioether (sulfide) groups is 2. The Morgan fingerprint density at radius 1 is 1.15 bits per heavy atom. The second-order valence-corrected chi connectivity index (χ2v) is 7.92. The van der Waals surface area contributed by atoms with Crippen molar-refractivity contribution in [2.24, 2.45) is 10.9 Å². The molecule has 1 unspecified atom stereocenters. The molecule has 2 fully saturated rings. The Bertz CT molecular complexity index is 278. The molecule has 0 aromatic carbocycles. The van der Waals surface area contributed by atoms with E-state index in [-0.39, 0.29) is 24.0 Å². The molecule has 0 spiro atoms. The summed E-state index contributed by atoms with van der Waals surface area (Å²) in [4.78, 5) is 4.77. The van der Waals surface area contributed by atoms with Crippen LogP contribution in [0.25, 0.3) is 0 Å². The Morgan fingerprint density at radius 2 is 1.95 bits per heavy atom. The highest BCUT2D eigenvalue weighted by Crippen LogP contribution is 2.25. The summed E-state index contributed by atoms with van der Waals surface area (Å²) >= 11 is 4.19. The summed E-state index contributed by atoms with van der Waals surface area (Å²) in [5.74, 6) is 5.80. The van der Waals surface area contributed by atoms with E-state index in [1.54, 1.807) is 0 Å². The fourth-order valence-corrected chi connectivity index (χ4v) is 4.91. The lowest BCUT2D eigenvalue weighted by atomic mass is 10.0. The predicted molar refractivity (Wildman–Crippen MR) is 105 cm³/mol. The molecule has 0 bridgehead atoms. The quantitative estimate of drug-likeness (QED) is 0.400. The summed E-state index contributed by atoms with van der Waals surface area (Å²) in [7, 11) is 0. The molecular weight excluding hydrogens is 401 g/mol. The smallest absolute Gasteiger partial charge is 0.191 e. The van der Waals surface area contributed by atoms with Crippen LogP contribution in [0.5, 0.6) is 0 Å². The van der Waals surface area contributed by atoms with E-state index < -0.39 is 0 Å². The van der Waals surface area contributed by atoms with E-state index in [1.165, 1.54) is 42.9 Å². The van der Waals surface area contributed by atoms with Crippen molar-refractivity contribution in [1.29, 1.82) is 0 Å². The van der Waals surface area contributed by atoms with Gasteiger partial charge in [-0.25, -0.2) is 0 Å². The minimum atomic E-state index is 0. The summed E-state index contributed by atoms with van der Waals surface area (Å²) in [5.41, 5.74) is 0. The van der Waals surface area contributed by atoms with Crippen molar-refractivity contribution in [3.05, 3.63) is 0 Å². The third-order valence-electron chi connectivity index (χ3n) is 3.71. The molecule has 2 heterocycles. The van der Waals surface area contributed by atoms with Gasteiger partial charge in [0.2, 0.25) is 0 Å². The fraction of sp³-hybridized carbons (Fsp3) is 0.929. The fourth-order valence-electron chi connectivity index (χ4n) is 2.51. The van der Waals surface area contributed by atoms with E-state index in [1.807, 2.05) is 0 Å². The Labute approximate surface area is 149 Å². The van der Waals surface area contributed by atoms with Crippen LogP contribution in [0.1, 0.15) is 32.6 Å². The Kier molecular flexibility index (Phi) is 10.6. The van der Waals surface area contributed by atoms with Gasteiger partial charge in [0.15, 0.2) is 5.96 Å². The normalized spacial score (nSPS) is 24.2. The van der Waals surface area contributed by atoms with Gasteiger partial charge in [-0.2, -0.15) is 23.5 Å². The molecule has 118 valence electrons. The van der Waals surface area contributed by atoms with Gasteiger partial charge in [0.05, 0.1) is 0 Å². The van der Waals surface area contributed by atoms with Crippen LogP contribution in [-0.2, 0) is 0 Å². The van der Waals surface area contributed by atoms with Crippen molar-refractivity contribution in [3.63, 3.8) is 0 Å². The first-order valence-electron chi connectivity index (χ1n) is 7.60. The molecule has 0 saturated carbocycles. The number of guanidine groups is 1. The third-order valence-corrected chi connectivity index (χ3v) is 6.16. The van der Waals surface area contributed by atoms with Crippen molar-refractivity contribution < 1.29 is 0 Å². The zero-order valence-electron chi connectivity index (χ0n) is 12.4. The molecule has 1 atom stereocenters. The van der Waals surface area contributed by atoms with Crippen LogP contribution in [0.3, 0.4) is 0 Å². The lowest BCUT2D eigenvalue weighted by Crippen LogP contribution is -2.40. The molecular formula is C14H28IN3S2. The third kappa shape index (κ3) is 7.11. The van der Waals surface area contributed by atoms with Crippen molar-refractivity contribution in [2.45, 2.75) is 37.9 Å². The van der Waals surface area contributed by atoms with Gasteiger partial charge in [0, 0.05) is 24.9 Å². The molecule has 6 heteroatoms. The van der Waals surface area contributed by atoms with Crippen molar-refractivity contribution in [1.82, 2.24) is 10.6 Å². The topological polar surface area (TPSA) is 36.4 Å². The first-order chi connectivity index (χ1) is 9.38. The predicted octanol–water partition coefficient (Wildman–Crippen LogP) is 3.20. The van der Waals surface area contributed by atoms with E-state index in [9.17, 15) is 0 Å². The summed E-state index contributed by atoms with van der Waals surface area (Å²) in [6.07, 6.45) is 5.42. The van der Waals surface area contributed by atoms with Crippen LogP contribution >= 0.6 is 47.5 Å². The van der Waals surface area contributed by atoms with Gasteiger partial charge in [-0.1, -0.05) is 0 Å². The molecule has 0 aromatic rings. The Hall–Kier alpha value is 0.700. The summed E-state index contributed by atoms with van der Waals surface area (Å²) in [5, 5.41) is 7.67. The first-order valence-corrected chi connectivity index (χ1v) is 9.80. The van der Waals surface area contributed by atoms with Gasteiger partial charge < -0.3 is 10.6 Å². The summed E-state index contributed by atoms with van der Waals surface area (Å²) in [6, 6.07) is 0. The highest BCUT2D eigenvalue weighted by Gasteiger charge is 2.16. The van der Waals surface area contributed by atoms with Crippen LogP contribution in [0.15, 0.2) is 4.99 Å². The van der Waals surface area contributed by atoms with Gasteiger partial charge in [-0.3, -0.25) is 4.99 Å². The van der Waals surface area contributed by atoms with Crippen LogP contribution in [-0.4, -0.2) is 48.1 Å². The van der Waals surface area contributed by atoms with E-state index in [4.69, 9.17) is 4.99 Å². The molecule has 2 rings (SSSR count). The average molecular weight is 429 g/mol. The number of rotatable bonds is 5. The zero-order valence-corrected chi connectivity index (χ0v) is 16.4. The molecule has 0 radical (unpaired) electrons. The maximum Gasteiger partial charge on any atom is 0.191 e. The van der Waals surface area contributed by atoms with Gasteiger partial charge in [-0.05, 0) is 55.8 Å². The lowest BCUT2D eigenvalue weighted by molar-refractivity contribution is 0.501. The number of nitrogens with one attached hydrogen (secondary N) is 2.